The van der Waals surface area contributed by atoms with E-state index in [1.54, 1.807) is 0 Å². The van der Waals surface area contributed by atoms with Crippen molar-refractivity contribution in [2.45, 2.75) is 4.90 Å². The fourth-order valence-corrected chi connectivity index (χ4v) is 1.40. The van der Waals surface area contributed by atoms with Crippen molar-refractivity contribution in [3.8, 4) is 0 Å². The molecule has 6 nitrogen and oxygen atoms in total. The molecule has 0 aliphatic heterocycles. The number of aromatic nitrogens is 1. The van der Waals surface area contributed by atoms with Gasteiger partial charge in [-0.1, -0.05) is 0 Å². The van der Waals surface area contributed by atoms with Gasteiger partial charge in [-0.3, -0.25) is 4.98 Å². The molecule has 0 aliphatic rings. The van der Waals surface area contributed by atoms with E-state index in [1.807, 2.05) is 0 Å². The maximum atomic E-state index is 11.1. The minimum atomic E-state index is -4.10. The third-order valence-corrected chi connectivity index (χ3v) is 2.32. The van der Waals surface area contributed by atoms with Gasteiger partial charge in [0.25, 0.3) is 0 Å². The van der Waals surface area contributed by atoms with Crippen LogP contribution in [-0.2, 0) is 14.3 Å². The average Bonchev–Trinajstić information content (AvgIpc) is 2.04. The molecule has 0 saturated heterocycles. The highest BCUT2D eigenvalue weighted by Crippen LogP contribution is 2.08. The molecule has 0 radical (unpaired) electrons. The van der Waals surface area contributed by atoms with Gasteiger partial charge in [-0.05, 0) is 12.1 Å². The predicted octanol–water partition coefficient (Wildman–Crippen LogP) is -0.134. The first-order valence-electron chi connectivity index (χ1n) is 3.16. The van der Waals surface area contributed by atoms with Crippen LogP contribution in [0.2, 0.25) is 0 Å². The van der Waals surface area contributed by atoms with Crippen LogP contribution < -0.4 is 5.73 Å². The standard InChI is InChI=1S/C6H6N2O4S/c7-6(9)12-13(10,11)5-2-1-3-8-4-5/h1-4H,(H2,7,9). The zero-order valence-electron chi connectivity index (χ0n) is 6.38. The summed E-state index contributed by atoms with van der Waals surface area (Å²) in [7, 11) is -4.10. The minimum absolute atomic E-state index is 0.214. The third-order valence-electron chi connectivity index (χ3n) is 1.11. The fourth-order valence-electron chi connectivity index (χ4n) is 0.651. The van der Waals surface area contributed by atoms with Crippen LogP contribution in [0.3, 0.4) is 0 Å². The Hall–Kier alpha value is -1.63. The topological polar surface area (TPSA) is 99.4 Å². The van der Waals surface area contributed by atoms with Gasteiger partial charge in [0, 0.05) is 12.4 Å². The summed E-state index contributed by atoms with van der Waals surface area (Å²) in [6.45, 7) is 0. The molecule has 0 spiro atoms. The molecule has 1 aromatic rings. The van der Waals surface area contributed by atoms with Crippen LogP contribution in [0.25, 0.3) is 0 Å². The van der Waals surface area contributed by atoms with Crippen molar-refractivity contribution in [1.29, 1.82) is 0 Å². The van der Waals surface area contributed by atoms with Gasteiger partial charge < -0.3 is 9.92 Å². The Morgan fingerprint density at radius 3 is 2.69 bits per heavy atom. The molecule has 0 bridgehead atoms. The molecule has 7 heteroatoms. The molecule has 1 amide bonds. The second kappa shape index (κ2) is 3.40. The zero-order chi connectivity index (χ0) is 9.90. The molecular weight excluding hydrogens is 196 g/mol. The molecule has 2 N–H and O–H groups in total. The Bertz CT molecular complexity index is 400. The van der Waals surface area contributed by atoms with Gasteiger partial charge in [-0.15, -0.1) is 0 Å². The summed E-state index contributed by atoms with van der Waals surface area (Å²) in [6.07, 6.45) is 1.07. The summed E-state index contributed by atoms with van der Waals surface area (Å²) >= 11 is 0. The van der Waals surface area contributed by atoms with E-state index >= 15 is 0 Å². The Balaban J connectivity index is 3.02. The maximum Gasteiger partial charge on any atom is 0.420 e. The van der Waals surface area contributed by atoms with Gasteiger partial charge in [0.1, 0.15) is 4.90 Å². The maximum absolute atomic E-state index is 11.1. The summed E-state index contributed by atoms with van der Waals surface area (Å²) in [5, 5.41) is 0. The van der Waals surface area contributed by atoms with Crippen molar-refractivity contribution in [3.63, 3.8) is 0 Å². The van der Waals surface area contributed by atoms with Gasteiger partial charge in [0.05, 0.1) is 0 Å². The second-order valence-corrected chi connectivity index (χ2v) is 3.59. The van der Waals surface area contributed by atoms with Crippen LogP contribution >= 0.6 is 0 Å². The Morgan fingerprint density at radius 2 is 2.23 bits per heavy atom. The van der Waals surface area contributed by atoms with E-state index in [2.05, 4.69) is 14.9 Å². The van der Waals surface area contributed by atoms with Gasteiger partial charge >= 0.3 is 16.2 Å². The lowest BCUT2D eigenvalue weighted by molar-refractivity contribution is 0.212. The van der Waals surface area contributed by atoms with E-state index in [4.69, 9.17) is 0 Å². The first-order chi connectivity index (χ1) is 6.02. The molecule has 0 saturated carbocycles. The zero-order valence-corrected chi connectivity index (χ0v) is 7.19. The van der Waals surface area contributed by atoms with Crippen LogP contribution in [0.15, 0.2) is 29.4 Å². The number of hydrogen-bond donors (Lipinski definition) is 1. The minimum Gasteiger partial charge on any atom is -0.334 e. The molecule has 0 aromatic carbocycles. The number of carbonyl (C=O) groups is 1. The Morgan fingerprint density at radius 1 is 1.54 bits per heavy atom. The molecule has 0 atom stereocenters. The Labute approximate surface area is 74.5 Å². The van der Waals surface area contributed by atoms with Crippen LogP contribution in [-0.4, -0.2) is 19.5 Å². The number of pyridine rings is 1. The molecule has 1 heterocycles. The molecule has 0 fully saturated rings. The van der Waals surface area contributed by atoms with Gasteiger partial charge in [-0.2, -0.15) is 8.42 Å². The summed E-state index contributed by atoms with van der Waals surface area (Å²) in [6, 6.07) is 2.64. The van der Waals surface area contributed by atoms with Crippen molar-refractivity contribution in [3.05, 3.63) is 24.5 Å². The monoisotopic (exact) mass is 202 g/mol. The van der Waals surface area contributed by atoms with Crippen molar-refractivity contribution in [2.24, 2.45) is 5.73 Å². The van der Waals surface area contributed by atoms with E-state index in [0.717, 1.165) is 6.20 Å². The number of amides is 1. The highest BCUT2D eigenvalue weighted by atomic mass is 32.2. The van der Waals surface area contributed by atoms with Crippen molar-refractivity contribution >= 4 is 16.2 Å². The van der Waals surface area contributed by atoms with Crippen molar-refractivity contribution in [1.82, 2.24) is 4.98 Å². The van der Waals surface area contributed by atoms with E-state index < -0.39 is 16.2 Å². The summed E-state index contributed by atoms with van der Waals surface area (Å²) < 4.78 is 26.1. The van der Waals surface area contributed by atoms with Crippen LogP contribution in [0, 0.1) is 0 Å². The van der Waals surface area contributed by atoms with E-state index in [9.17, 15) is 13.2 Å². The smallest absolute Gasteiger partial charge is 0.334 e. The lowest BCUT2D eigenvalue weighted by Crippen LogP contribution is -2.18. The van der Waals surface area contributed by atoms with E-state index in [-0.39, 0.29) is 4.90 Å². The number of rotatable bonds is 2. The molecule has 70 valence electrons. The molecule has 0 unspecified atom stereocenters. The van der Waals surface area contributed by atoms with Crippen LogP contribution in [0.4, 0.5) is 4.79 Å². The highest BCUT2D eigenvalue weighted by Gasteiger charge is 2.17. The quantitative estimate of drug-likeness (QED) is 0.673. The van der Waals surface area contributed by atoms with Crippen molar-refractivity contribution < 1.29 is 17.4 Å². The number of nitrogens with two attached hydrogens (primary N) is 1. The average molecular weight is 202 g/mol. The normalized spacial score (nSPS) is 10.8. The van der Waals surface area contributed by atoms with Crippen LogP contribution in [0.5, 0.6) is 0 Å². The molecule has 1 aromatic heterocycles. The fraction of sp³-hybridized carbons (Fsp3) is 0. The van der Waals surface area contributed by atoms with Crippen LogP contribution in [0.1, 0.15) is 0 Å². The van der Waals surface area contributed by atoms with Gasteiger partial charge in [-0.25, -0.2) is 4.79 Å². The van der Waals surface area contributed by atoms with Gasteiger partial charge in [0.15, 0.2) is 0 Å². The lowest BCUT2D eigenvalue weighted by Gasteiger charge is -2.00. The second-order valence-electron chi connectivity index (χ2n) is 2.05. The number of nitrogens with zero attached hydrogens (tertiary/aromatic N) is 1. The van der Waals surface area contributed by atoms with E-state index in [1.165, 1.54) is 18.3 Å². The van der Waals surface area contributed by atoms with Crippen molar-refractivity contribution in [2.75, 3.05) is 0 Å². The Kier molecular flexibility index (Phi) is 2.47. The molecular formula is C6H6N2O4S. The molecule has 1 rings (SSSR count). The third kappa shape index (κ3) is 2.41. The summed E-state index contributed by atoms with van der Waals surface area (Å²) in [5.41, 5.74) is 4.56. The lowest BCUT2D eigenvalue weighted by atomic mass is 10.5. The number of carbonyl (C=O) groups excluding carboxylic acids is 1. The first kappa shape index (κ1) is 9.46. The predicted molar refractivity (Wildman–Crippen MR) is 42.1 cm³/mol. The van der Waals surface area contributed by atoms with E-state index in [0.29, 0.717) is 0 Å². The largest absolute Gasteiger partial charge is 0.420 e. The van der Waals surface area contributed by atoms with Gasteiger partial charge in [0.2, 0.25) is 0 Å². The highest BCUT2D eigenvalue weighted by molar-refractivity contribution is 7.87. The molecule has 13 heavy (non-hydrogen) atoms. The number of hydrogen-bond acceptors (Lipinski definition) is 5. The summed E-state index contributed by atoms with van der Waals surface area (Å²) in [4.78, 5) is 13.5. The SMILES string of the molecule is NC(=O)OS(=O)(=O)c1cccnc1. The number of primary amides is 1. The first-order valence-corrected chi connectivity index (χ1v) is 4.57. The molecule has 0 aliphatic carbocycles. The summed E-state index contributed by atoms with van der Waals surface area (Å²) in [5.74, 6) is 0.